The highest BCUT2D eigenvalue weighted by Crippen LogP contribution is 2.08. The van der Waals surface area contributed by atoms with Crippen molar-refractivity contribution in [1.82, 2.24) is 10.6 Å². The molecule has 0 radical (unpaired) electrons. The summed E-state index contributed by atoms with van der Waals surface area (Å²) in [5.74, 6) is 0. The second-order valence-electron chi connectivity index (χ2n) is 3.35. The predicted octanol–water partition coefficient (Wildman–Crippen LogP) is 0.875. The fraction of sp³-hybridized carbons (Fsp3) is 0.889. The van der Waals surface area contributed by atoms with Crippen molar-refractivity contribution in [3.05, 3.63) is 0 Å². The van der Waals surface area contributed by atoms with E-state index in [0.717, 1.165) is 13.0 Å². The van der Waals surface area contributed by atoms with Gasteiger partial charge in [-0.25, -0.2) is 4.79 Å². The first-order chi connectivity index (χ1) is 6.33. The lowest BCUT2D eigenvalue weighted by molar-refractivity contribution is 0.170. The summed E-state index contributed by atoms with van der Waals surface area (Å²) in [5, 5.41) is 6.10. The number of carbonyl (C=O) groups is 1. The predicted molar refractivity (Wildman–Crippen MR) is 50.7 cm³/mol. The van der Waals surface area contributed by atoms with Crippen molar-refractivity contribution in [2.75, 3.05) is 20.2 Å². The van der Waals surface area contributed by atoms with Crippen LogP contribution >= 0.6 is 0 Å². The first-order valence-corrected chi connectivity index (χ1v) is 4.88. The van der Waals surface area contributed by atoms with E-state index in [1.165, 1.54) is 26.4 Å². The summed E-state index contributed by atoms with van der Waals surface area (Å²) in [6.45, 7) is 1.81. The van der Waals surface area contributed by atoms with E-state index in [4.69, 9.17) is 0 Å². The van der Waals surface area contributed by atoms with Crippen LogP contribution in [0.4, 0.5) is 4.79 Å². The van der Waals surface area contributed by atoms with Gasteiger partial charge < -0.3 is 15.4 Å². The highest BCUT2D eigenvalue weighted by atomic mass is 16.5. The smallest absolute Gasteiger partial charge is 0.406 e. The monoisotopic (exact) mass is 186 g/mol. The molecule has 0 bridgehead atoms. The Morgan fingerprint density at radius 2 is 2.46 bits per heavy atom. The van der Waals surface area contributed by atoms with Crippen LogP contribution in [0.2, 0.25) is 0 Å². The zero-order valence-electron chi connectivity index (χ0n) is 8.14. The van der Waals surface area contributed by atoms with Crippen LogP contribution in [-0.4, -0.2) is 32.3 Å². The van der Waals surface area contributed by atoms with E-state index in [1.54, 1.807) is 0 Å². The maximum Gasteiger partial charge on any atom is 0.406 e. The molecule has 4 heteroatoms. The second-order valence-corrected chi connectivity index (χ2v) is 3.35. The van der Waals surface area contributed by atoms with Crippen LogP contribution in [0.1, 0.15) is 25.7 Å². The molecular formula is C9H18N2O2. The minimum absolute atomic E-state index is 0.337. The molecule has 1 aliphatic heterocycles. The molecule has 1 saturated heterocycles. The van der Waals surface area contributed by atoms with Crippen molar-refractivity contribution < 1.29 is 9.53 Å². The van der Waals surface area contributed by atoms with Crippen LogP contribution in [0.15, 0.2) is 0 Å². The van der Waals surface area contributed by atoms with E-state index in [9.17, 15) is 4.79 Å². The Hall–Kier alpha value is -0.770. The molecule has 76 valence electrons. The number of amides is 1. The number of hydrogen-bond donors (Lipinski definition) is 2. The third-order valence-electron chi connectivity index (χ3n) is 2.36. The lowest BCUT2D eigenvalue weighted by Gasteiger charge is -2.23. The average Bonchev–Trinajstić information content (AvgIpc) is 2.19. The molecule has 13 heavy (non-hydrogen) atoms. The van der Waals surface area contributed by atoms with Gasteiger partial charge in [-0.15, -0.1) is 0 Å². The average molecular weight is 186 g/mol. The van der Waals surface area contributed by atoms with Crippen LogP contribution in [0.3, 0.4) is 0 Å². The Balaban J connectivity index is 2.01. The van der Waals surface area contributed by atoms with Crippen molar-refractivity contribution in [2.24, 2.45) is 0 Å². The number of alkyl carbamates (subject to hydrolysis) is 1. The highest BCUT2D eigenvalue weighted by Gasteiger charge is 2.11. The molecule has 1 fully saturated rings. The lowest BCUT2D eigenvalue weighted by Crippen LogP contribution is -2.37. The van der Waals surface area contributed by atoms with Crippen LogP contribution < -0.4 is 10.6 Å². The Bertz CT molecular complexity index is 156. The molecule has 0 spiro atoms. The van der Waals surface area contributed by atoms with Crippen LogP contribution in [-0.2, 0) is 4.74 Å². The van der Waals surface area contributed by atoms with Gasteiger partial charge in [-0.05, 0) is 25.8 Å². The normalized spacial score (nSPS) is 22.4. The third-order valence-corrected chi connectivity index (χ3v) is 2.36. The summed E-state index contributed by atoms with van der Waals surface area (Å²) in [6, 6.07) is 0.575. The largest absolute Gasteiger partial charge is 0.453 e. The zero-order chi connectivity index (χ0) is 9.52. The molecule has 0 saturated carbocycles. The minimum Gasteiger partial charge on any atom is -0.453 e. The fourth-order valence-corrected chi connectivity index (χ4v) is 1.59. The van der Waals surface area contributed by atoms with Gasteiger partial charge in [-0.2, -0.15) is 0 Å². The molecule has 1 rings (SSSR count). The molecule has 0 aromatic rings. The molecule has 1 heterocycles. The first kappa shape index (κ1) is 10.3. The van der Waals surface area contributed by atoms with E-state index in [1.807, 2.05) is 0 Å². The quantitative estimate of drug-likeness (QED) is 0.687. The standard InChI is InChI=1S/C9H18N2O2/c1-13-9(12)11-7-5-8-4-2-3-6-10-8/h8,10H,2-7H2,1H3,(H,11,12)/t8-/m0/s1. The van der Waals surface area contributed by atoms with Crippen molar-refractivity contribution in [1.29, 1.82) is 0 Å². The number of methoxy groups -OCH3 is 1. The molecule has 1 amide bonds. The third kappa shape index (κ3) is 4.12. The van der Waals surface area contributed by atoms with E-state index < -0.39 is 0 Å². The first-order valence-electron chi connectivity index (χ1n) is 4.88. The van der Waals surface area contributed by atoms with Crippen LogP contribution in [0.25, 0.3) is 0 Å². The number of ether oxygens (including phenoxy) is 1. The molecule has 0 unspecified atom stereocenters. The number of piperidine rings is 1. The zero-order valence-corrected chi connectivity index (χ0v) is 8.14. The summed E-state index contributed by atoms with van der Waals surface area (Å²) >= 11 is 0. The van der Waals surface area contributed by atoms with Gasteiger partial charge >= 0.3 is 6.09 Å². The number of rotatable bonds is 3. The van der Waals surface area contributed by atoms with Gasteiger partial charge in [0.15, 0.2) is 0 Å². The second kappa shape index (κ2) is 5.80. The molecule has 4 nitrogen and oxygen atoms in total. The van der Waals surface area contributed by atoms with E-state index in [0.29, 0.717) is 12.6 Å². The number of hydrogen-bond acceptors (Lipinski definition) is 3. The maximum atomic E-state index is 10.7. The highest BCUT2D eigenvalue weighted by molar-refractivity contribution is 5.66. The van der Waals surface area contributed by atoms with Crippen molar-refractivity contribution in [2.45, 2.75) is 31.7 Å². The van der Waals surface area contributed by atoms with Crippen LogP contribution in [0.5, 0.6) is 0 Å². The molecular weight excluding hydrogens is 168 g/mol. The molecule has 0 aliphatic carbocycles. The summed E-state index contributed by atoms with van der Waals surface area (Å²) in [4.78, 5) is 10.7. The number of nitrogens with one attached hydrogen (secondary N) is 2. The number of carbonyl (C=O) groups excluding carboxylic acids is 1. The Morgan fingerprint density at radius 1 is 1.62 bits per heavy atom. The molecule has 1 aliphatic rings. The van der Waals surface area contributed by atoms with Gasteiger partial charge in [0.1, 0.15) is 0 Å². The minimum atomic E-state index is -0.337. The van der Waals surface area contributed by atoms with Gasteiger partial charge in [0.25, 0.3) is 0 Å². The van der Waals surface area contributed by atoms with Gasteiger partial charge in [-0.1, -0.05) is 6.42 Å². The fourth-order valence-electron chi connectivity index (χ4n) is 1.59. The van der Waals surface area contributed by atoms with Crippen molar-refractivity contribution in [3.63, 3.8) is 0 Å². The summed E-state index contributed by atoms with van der Waals surface area (Å²) < 4.78 is 4.47. The molecule has 2 N–H and O–H groups in total. The Morgan fingerprint density at radius 3 is 3.08 bits per heavy atom. The molecule has 0 aromatic heterocycles. The Labute approximate surface area is 79.0 Å². The Kier molecular flexibility index (Phi) is 4.60. The topological polar surface area (TPSA) is 50.4 Å². The molecule has 0 aromatic carbocycles. The summed E-state index contributed by atoms with van der Waals surface area (Å²) in [5.41, 5.74) is 0. The lowest BCUT2D eigenvalue weighted by atomic mass is 10.0. The van der Waals surface area contributed by atoms with E-state index in [2.05, 4.69) is 15.4 Å². The summed E-state index contributed by atoms with van der Waals surface area (Å²) in [7, 11) is 1.38. The summed E-state index contributed by atoms with van der Waals surface area (Å²) in [6.07, 6.45) is 4.46. The van der Waals surface area contributed by atoms with Gasteiger partial charge in [0.2, 0.25) is 0 Å². The van der Waals surface area contributed by atoms with Gasteiger partial charge in [-0.3, -0.25) is 0 Å². The molecule has 1 atom stereocenters. The van der Waals surface area contributed by atoms with Crippen LogP contribution in [0, 0.1) is 0 Å². The maximum absolute atomic E-state index is 10.7. The van der Waals surface area contributed by atoms with Gasteiger partial charge in [0.05, 0.1) is 7.11 Å². The van der Waals surface area contributed by atoms with E-state index in [-0.39, 0.29) is 6.09 Å². The van der Waals surface area contributed by atoms with Gasteiger partial charge in [0, 0.05) is 12.6 Å². The van der Waals surface area contributed by atoms with Crippen molar-refractivity contribution >= 4 is 6.09 Å². The SMILES string of the molecule is COC(=O)NCC[C@@H]1CCCCN1. The van der Waals surface area contributed by atoms with E-state index >= 15 is 0 Å². The van der Waals surface area contributed by atoms with Crippen molar-refractivity contribution in [3.8, 4) is 0 Å².